The molecule has 4 aromatic carbocycles. The summed E-state index contributed by atoms with van der Waals surface area (Å²) in [6.45, 7) is -0.988. The van der Waals surface area contributed by atoms with Crippen LogP contribution in [0.1, 0.15) is 48.8 Å². The van der Waals surface area contributed by atoms with Crippen molar-refractivity contribution < 1.29 is 31.2 Å². The predicted molar refractivity (Wildman–Crippen MR) is 183 cm³/mol. The van der Waals surface area contributed by atoms with Gasteiger partial charge in [-0.2, -0.15) is 13.2 Å². The lowest BCUT2D eigenvalue weighted by atomic mass is 9.94. The lowest BCUT2D eigenvalue weighted by Gasteiger charge is -2.35. The Bertz CT molecular complexity index is 1820. The van der Waals surface area contributed by atoms with E-state index in [4.69, 9.17) is 11.6 Å². The van der Waals surface area contributed by atoms with Crippen LogP contribution < -0.4 is 9.62 Å². The molecular formula is C37H37ClF3N3O4S. The van der Waals surface area contributed by atoms with E-state index in [9.17, 15) is 31.2 Å². The van der Waals surface area contributed by atoms with Crippen molar-refractivity contribution >= 4 is 39.1 Å². The highest BCUT2D eigenvalue weighted by Crippen LogP contribution is 2.37. The summed E-state index contributed by atoms with van der Waals surface area (Å²) in [5.41, 5.74) is -0.206. The van der Waals surface area contributed by atoms with Crippen molar-refractivity contribution in [3.05, 3.63) is 131 Å². The third-order valence-corrected chi connectivity index (χ3v) is 10.7. The van der Waals surface area contributed by atoms with E-state index >= 15 is 0 Å². The Morgan fingerprint density at radius 2 is 1.39 bits per heavy atom. The molecule has 49 heavy (non-hydrogen) atoms. The van der Waals surface area contributed by atoms with Gasteiger partial charge < -0.3 is 10.2 Å². The van der Waals surface area contributed by atoms with Crippen molar-refractivity contribution in [2.24, 2.45) is 0 Å². The summed E-state index contributed by atoms with van der Waals surface area (Å²) in [5, 5.41) is 2.82. The van der Waals surface area contributed by atoms with Crippen LogP contribution in [0.15, 0.2) is 114 Å². The van der Waals surface area contributed by atoms with Crippen LogP contribution in [0.25, 0.3) is 0 Å². The maximum atomic E-state index is 14.6. The number of nitrogens with one attached hydrogen (secondary N) is 1. The van der Waals surface area contributed by atoms with Gasteiger partial charge in [0.25, 0.3) is 10.0 Å². The van der Waals surface area contributed by atoms with Gasteiger partial charge in [0.1, 0.15) is 12.6 Å². The Labute approximate surface area is 289 Å². The molecule has 5 rings (SSSR count). The third-order valence-electron chi connectivity index (χ3n) is 8.57. The molecule has 0 heterocycles. The summed E-state index contributed by atoms with van der Waals surface area (Å²) in [7, 11) is -4.63. The highest BCUT2D eigenvalue weighted by molar-refractivity contribution is 7.92. The Hall–Kier alpha value is -4.35. The highest BCUT2D eigenvalue weighted by Gasteiger charge is 2.38. The number of nitrogens with zero attached hydrogens (tertiary/aromatic N) is 2. The maximum absolute atomic E-state index is 14.6. The molecular weight excluding hydrogens is 675 g/mol. The SMILES string of the molecule is O=C(NC1CCCCC1)C(Cc1ccccc1)N(Cc1ccccc1)C(=O)CN(c1cc(C(F)(F)F)ccc1Cl)S(=O)(=O)c1ccccc1. The van der Waals surface area contributed by atoms with Gasteiger partial charge in [0.2, 0.25) is 11.8 Å². The maximum Gasteiger partial charge on any atom is 0.416 e. The fourth-order valence-corrected chi connectivity index (χ4v) is 7.71. The number of hydrogen-bond acceptors (Lipinski definition) is 4. The number of rotatable bonds is 12. The molecule has 1 N–H and O–H groups in total. The van der Waals surface area contributed by atoms with Gasteiger partial charge >= 0.3 is 6.18 Å². The fraction of sp³-hybridized carbons (Fsp3) is 0.297. The number of amides is 2. The zero-order valence-corrected chi connectivity index (χ0v) is 28.2. The van der Waals surface area contributed by atoms with Crippen LogP contribution >= 0.6 is 11.6 Å². The van der Waals surface area contributed by atoms with Crippen molar-refractivity contribution in [2.45, 2.75) is 68.2 Å². The van der Waals surface area contributed by atoms with Crippen LogP contribution in [0.4, 0.5) is 18.9 Å². The summed E-state index contributed by atoms with van der Waals surface area (Å²) in [4.78, 5) is 29.8. The molecule has 1 saturated carbocycles. The first-order valence-corrected chi connectivity index (χ1v) is 17.9. The molecule has 258 valence electrons. The van der Waals surface area contributed by atoms with Crippen molar-refractivity contribution in [1.29, 1.82) is 0 Å². The van der Waals surface area contributed by atoms with Crippen molar-refractivity contribution in [3.8, 4) is 0 Å². The second kappa shape index (κ2) is 15.9. The Kier molecular flexibility index (Phi) is 11.7. The van der Waals surface area contributed by atoms with E-state index in [1.165, 1.54) is 29.2 Å². The zero-order valence-electron chi connectivity index (χ0n) is 26.7. The molecule has 2 amide bonds. The number of alkyl halides is 3. The Balaban J connectivity index is 1.60. The molecule has 1 unspecified atom stereocenters. The molecule has 0 saturated heterocycles. The molecule has 1 aliphatic rings. The van der Waals surface area contributed by atoms with Crippen LogP contribution in [-0.4, -0.2) is 43.8 Å². The quantitative estimate of drug-likeness (QED) is 0.164. The van der Waals surface area contributed by atoms with Crippen molar-refractivity contribution in [2.75, 3.05) is 10.8 Å². The molecule has 12 heteroatoms. The van der Waals surface area contributed by atoms with E-state index in [0.29, 0.717) is 15.9 Å². The molecule has 0 bridgehead atoms. The summed E-state index contributed by atoms with van der Waals surface area (Å²) in [6.07, 6.45) is -0.101. The molecule has 1 fully saturated rings. The number of sulfonamides is 1. The molecule has 0 radical (unpaired) electrons. The normalized spacial score (nSPS) is 14.5. The minimum atomic E-state index is -4.82. The van der Waals surface area contributed by atoms with Crippen LogP contribution in [0.2, 0.25) is 5.02 Å². The van der Waals surface area contributed by atoms with E-state index in [-0.39, 0.29) is 28.9 Å². The molecule has 1 aliphatic carbocycles. The average molecular weight is 712 g/mol. The molecule has 0 aliphatic heterocycles. The second-order valence-corrected chi connectivity index (χ2v) is 14.3. The minimum absolute atomic E-state index is 0.0647. The van der Waals surface area contributed by atoms with Crippen LogP contribution in [-0.2, 0) is 38.8 Å². The van der Waals surface area contributed by atoms with Crippen LogP contribution in [0, 0.1) is 0 Å². The van der Waals surface area contributed by atoms with Gasteiger partial charge in [-0.05, 0) is 54.3 Å². The third kappa shape index (κ3) is 9.21. The van der Waals surface area contributed by atoms with Gasteiger partial charge in [0.05, 0.1) is 21.2 Å². The Morgan fingerprint density at radius 1 is 0.816 bits per heavy atom. The number of anilines is 1. The van der Waals surface area contributed by atoms with Gasteiger partial charge in [-0.1, -0.05) is 110 Å². The molecule has 7 nitrogen and oxygen atoms in total. The smallest absolute Gasteiger partial charge is 0.352 e. The first kappa shape index (κ1) is 35.9. The molecule has 0 spiro atoms. The summed E-state index contributed by atoms with van der Waals surface area (Å²) < 4.78 is 70.5. The van der Waals surface area contributed by atoms with Crippen LogP contribution in [0.3, 0.4) is 0 Å². The average Bonchev–Trinajstić information content (AvgIpc) is 3.10. The standard InChI is InChI=1S/C37H37ClF3N3O4S/c38-32-22-21-29(37(39,40)41)24-33(32)44(49(47,48)31-19-11-4-12-20-31)26-35(45)43(25-28-15-7-2-8-16-28)34(23-27-13-5-1-6-14-27)36(46)42-30-17-9-3-10-18-30/h1-2,4-8,11-16,19-22,24,30,34H,3,9-10,17-18,23,25-26H2,(H,42,46). The molecule has 1 atom stereocenters. The van der Waals surface area contributed by atoms with E-state index in [2.05, 4.69) is 5.32 Å². The van der Waals surface area contributed by atoms with Gasteiger partial charge in [-0.15, -0.1) is 0 Å². The number of carbonyl (C=O) groups excluding carboxylic acids is 2. The van der Waals surface area contributed by atoms with Gasteiger partial charge in [-0.25, -0.2) is 8.42 Å². The zero-order chi connectivity index (χ0) is 35.0. The summed E-state index contributed by atoms with van der Waals surface area (Å²) in [6, 6.07) is 26.3. The van der Waals surface area contributed by atoms with Crippen LogP contribution in [0.5, 0.6) is 0 Å². The number of carbonyl (C=O) groups is 2. The van der Waals surface area contributed by atoms with Crippen molar-refractivity contribution in [3.63, 3.8) is 0 Å². The van der Waals surface area contributed by atoms with Gasteiger partial charge in [0, 0.05) is 19.0 Å². The topological polar surface area (TPSA) is 86.8 Å². The second-order valence-electron chi connectivity index (χ2n) is 12.0. The van der Waals surface area contributed by atoms with Gasteiger partial charge in [0.15, 0.2) is 0 Å². The first-order valence-electron chi connectivity index (χ1n) is 16.1. The highest BCUT2D eigenvalue weighted by atomic mass is 35.5. The predicted octanol–water partition coefficient (Wildman–Crippen LogP) is 7.64. The minimum Gasteiger partial charge on any atom is -0.352 e. The summed E-state index contributed by atoms with van der Waals surface area (Å²) >= 11 is 6.39. The number of benzene rings is 4. The monoisotopic (exact) mass is 711 g/mol. The van der Waals surface area contributed by atoms with Crippen molar-refractivity contribution in [1.82, 2.24) is 10.2 Å². The van der Waals surface area contributed by atoms with Gasteiger partial charge in [-0.3, -0.25) is 13.9 Å². The van der Waals surface area contributed by atoms with E-state index in [1.54, 1.807) is 36.4 Å². The summed E-state index contributed by atoms with van der Waals surface area (Å²) in [5.74, 6) is -1.19. The lowest BCUT2D eigenvalue weighted by Crippen LogP contribution is -2.55. The first-order chi connectivity index (χ1) is 23.4. The molecule has 4 aromatic rings. The largest absolute Gasteiger partial charge is 0.416 e. The number of halogens is 4. The Morgan fingerprint density at radius 3 is 1.98 bits per heavy atom. The molecule has 0 aromatic heterocycles. The van der Waals surface area contributed by atoms with E-state index in [0.717, 1.165) is 49.8 Å². The number of hydrogen-bond donors (Lipinski definition) is 1. The fourth-order valence-electron chi connectivity index (χ4n) is 5.99. The van der Waals surface area contributed by atoms with E-state index in [1.807, 2.05) is 30.3 Å². The lowest BCUT2D eigenvalue weighted by molar-refractivity contribution is -0.140. The van der Waals surface area contributed by atoms with E-state index < -0.39 is 51.9 Å².